The number of nitrogens with zero attached hydrogens (tertiary/aromatic N) is 6. The molecule has 0 spiro atoms. The Bertz CT molecular complexity index is 1370. The molecule has 4 heterocycles. The second kappa shape index (κ2) is 7.65. The molecule has 0 saturated carbocycles. The molecule has 2 aromatic heterocycles. The largest absolute Gasteiger partial charge is 0.370 e. The summed E-state index contributed by atoms with van der Waals surface area (Å²) in [5, 5.41) is 0. The Hall–Kier alpha value is -3.82. The highest BCUT2D eigenvalue weighted by Crippen LogP contribution is 2.36. The zero-order valence-electron chi connectivity index (χ0n) is 18.9. The molecule has 0 radical (unpaired) electrons. The van der Waals surface area contributed by atoms with Crippen LogP contribution in [0.1, 0.15) is 12.0 Å². The van der Waals surface area contributed by atoms with Gasteiger partial charge in [-0.2, -0.15) is 0 Å². The van der Waals surface area contributed by atoms with Gasteiger partial charge >= 0.3 is 0 Å². The molecule has 0 bridgehead atoms. The normalized spacial score (nSPS) is 16.8. The standard InChI is InChI=1S/C27H26N6/c1-28-22-6-4-19(5-7-22)20-15-26-27-29-11-13-33(27)25-9-8-23(14-21(25)17-32(26)16-20)31-12-10-24(18-31)30(2)3/h4-9,11,13-16,24H,10,12,17-18H2,2-3H3/t24-/m1/s1. The summed E-state index contributed by atoms with van der Waals surface area (Å²) >= 11 is 0. The van der Waals surface area contributed by atoms with Crippen LogP contribution in [0, 0.1) is 6.57 Å². The van der Waals surface area contributed by atoms with Crippen molar-refractivity contribution in [2.45, 2.75) is 19.0 Å². The fraction of sp³-hybridized carbons (Fsp3) is 0.259. The van der Waals surface area contributed by atoms with Crippen LogP contribution < -0.4 is 4.90 Å². The Morgan fingerprint density at radius 3 is 2.67 bits per heavy atom. The highest BCUT2D eigenvalue weighted by atomic mass is 15.2. The molecule has 33 heavy (non-hydrogen) atoms. The molecule has 2 aliphatic heterocycles. The number of fused-ring (bicyclic) bond motifs is 5. The van der Waals surface area contributed by atoms with Crippen molar-refractivity contribution in [1.82, 2.24) is 19.0 Å². The Morgan fingerprint density at radius 1 is 1.06 bits per heavy atom. The molecular weight excluding hydrogens is 408 g/mol. The molecule has 4 aromatic rings. The second-order valence-electron chi connectivity index (χ2n) is 9.19. The van der Waals surface area contributed by atoms with E-state index in [0.29, 0.717) is 11.7 Å². The van der Waals surface area contributed by atoms with E-state index < -0.39 is 0 Å². The third-order valence-electron chi connectivity index (χ3n) is 7.02. The lowest BCUT2D eigenvalue weighted by Gasteiger charge is -2.23. The maximum atomic E-state index is 7.20. The van der Waals surface area contributed by atoms with Gasteiger partial charge in [0.15, 0.2) is 11.5 Å². The minimum absolute atomic E-state index is 0.608. The van der Waals surface area contributed by atoms with Crippen molar-refractivity contribution >= 4 is 11.4 Å². The summed E-state index contributed by atoms with van der Waals surface area (Å²) in [6.45, 7) is 10.2. The monoisotopic (exact) mass is 434 g/mol. The Labute approximate surface area is 194 Å². The van der Waals surface area contributed by atoms with Gasteiger partial charge in [-0.25, -0.2) is 9.83 Å². The van der Waals surface area contributed by atoms with Gasteiger partial charge in [-0.1, -0.05) is 24.3 Å². The van der Waals surface area contributed by atoms with E-state index in [9.17, 15) is 0 Å². The van der Waals surface area contributed by atoms with Crippen LogP contribution in [0.25, 0.3) is 33.2 Å². The number of imidazole rings is 1. The Kier molecular flexibility index (Phi) is 4.60. The van der Waals surface area contributed by atoms with Crippen molar-refractivity contribution in [1.29, 1.82) is 0 Å². The van der Waals surface area contributed by atoms with Gasteiger partial charge in [0.25, 0.3) is 0 Å². The molecule has 0 amide bonds. The first-order valence-electron chi connectivity index (χ1n) is 11.4. The van der Waals surface area contributed by atoms with Gasteiger partial charge in [-0.15, -0.1) is 0 Å². The molecule has 1 fully saturated rings. The number of hydrogen-bond acceptors (Lipinski definition) is 3. The molecule has 6 heteroatoms. The van der Waals surface area contributed by atoms with Crippen molar-refractivity contribution in [2.24, 2.45) is 0 Å². The van der Waals surface area contributed by atoms with Crippen molar-refractivity contribution in [2.75, 3.05) is 32.1 Å². The van der Waals surface area contributed by atoms with E-state index in [1.165, 1.54) is 23.4 Å². The van der Waals surface area contributed by atoms with Crippen molar-refractivity contribution in [3.05, 3.63) is 84.1 Å². The number of anilines is 1. The van der Waals surface area contributed by atoms with E-state index in [-0.39, 0.29) is 0 Å². The van der Waals surface area contributed by atoms with E-state index in [2.05, 4.69) is 74.5 Å². The van der Waals surface area contributed by atoms with Crippen LogP contribution in [0.5, 0.6) is 0 Å². The average molecular weight is 435 g/mol. The van der Waals surface area contributed by atoms with Gasteiger partial charge < -0.3 is 14.4 Å². The minimum Gasteiger partial charge on any atom is -0.370 e. The summed E-state index contributed by atoms with van der Waals surface area (Å²) in [5.41, 5.74) is 7.81. The third kappa shape index (κ3) is 3.33. The van der Waals surface area contributed by atoms with E-state index in [1.807, 2.05) is 30.5 Å². The summed E-state index contributed by atoms with van der Waals surface area (Å²) in [6.07, 6.45) is 7.34. The quantitative estimate of drug-likeness (QED) is 0.372. The number of likely N-dealkylation sites (N-methyl/N-ethyl adjacent to an activating group) is 1. The third-order valence-corrected chi connectivity index (χ3v) is 7.02. The van der Waals surface area contributed by atoms with Gasteiger partial charge in [0.05, 0.1) is 18.0 Å². The molecule has 6 nitrogen and oxygen atoms in total. The van der Waals surface area contributed by atoms with E-state index in [0.717, 1.165) is 42.3 Å². The number of benzene rings is 2. The molecule has 6 rings (SSSR count). The summed E-state index contributed by atoms with van der Waals surface area (Å²) in [4.78, 5) is 13.1. The lowest BCUT2D eigenvalue weighted by molar-refractivity contribution is 0.315. The Morgan fingerprint density at radius 2 is 1.91 bits per heavy atom. The van der Waals surface area contributed by atoms with Gasteiger partial charge in [0, 0.05) is 55.5 Å². The van der Waals surface area contributed by atoms with Crippen molar-refractivity contribution < 1.29 is 0 Å². The summed E-state index contributed by atoms with van der Waals surface area (Å²) in [6, 6.07) is 17.5. The number of aromatic nitrogens is 3. The van der Waals surface area contributed by atoms with E-state index in [4.69, 9.17) is 11.6 Å². The maximum absolute atomic E-state index is 7.20. The summed E-state index contributed by atoms with van der Waals surface area (Å²) in [5.74, 6) is 0.958. The highest BCUT2D eigenvalue weighted by Gasteiger charge is 2.26. The van der Waals surface area contributed by atoms with Gasteiger partial charge in [0.2, 0.25) is 0 Å². The maximum Gasteiger partial charge on any atom is 0.187 e. The van der Waals surface area contributed by atoms with Crippen LogP contribution in [-0.2, 0) is 6.54 Å². The molecule has 164 valence electrons. The molecule has 0 unspecified atom stereocenters. The van der Waals surface area contributed by atoms with Crippen molar-refractivity contribution in [3.63, 3.8) is 0 Å². The predicted octanol–water partition coefficient (Wildman–Crippen LogP) is 5.06. The molecule has 2 aliphatic rings. The Balaban J connectivity index is 1.40. The lowest BCUT2D eigenvalue weighted by atomic mass is 10.1. The molecule has 2 aromatic carbocycles. The molecule has 1 atom stereocenters. The van der Waals surface area contributed by atoms with Crippen LogP contribution >= 0.6 is 0 Å². The van der Waals surface area contributed by atoms with Crippen LogP contribution in [0.15, 0.2) is 67.1 Å². The number of rotatable bonds is 3. The average Bonchev–Trinajstić information content (AvgIpc) is 3.58. The molecule has 0 N–H and O–H groups in total. The van der Waals surface area contributed by atoms with Gasteiger partial charge in [-0.3, -0.25) is 4.57 Å². The van der Waals surface area contributed by atoms with Crippen LogP contribution in [-0.4, -0.2) is 52.2 Å². The summed E-state index contributed by atoms with van der Waals surface area (Å²) < 4.78 is 4.51. The topological polar surface area (TPSA) is 33.6 Å². The zero-order valence-corrected chi connectivity index (χ0v) is 18.9. The fourth-order valence-corrected chi connectivity index (χ4v) is 5.11. The first-order chi connectivity index (χ1) is 16.1. The lowest BCUT2D eigenvalue weighted by Crippen LogP contribution is -2.31. The van der Waals surface area contributed by atoms with E-state index >= 15 is 0 Å². The molecule has 1 saturated heterocycles. The predicted molar refractivity (Wildman–Crippen MR) is 132 cm³/mol. The molecular formula is C27H26N6. The summed E-state index contributed by atoms with van der Waals surface area (Å²) in [7, 11) is 4.35. The first kappa shape index (κ1) is 19.8. The SMILES string of the molecule is [C-]#[N+]c1ccc(-c2cc3n(c2)Cc2cc(N4CC[C@@H](N(C)C)C4)ccc2-n2ccnc2-3)cc1. The number of hydrogen-bond donors (Lipinski definition) is 0. The zero-order chi connectivity index (χ0) is 22.5. The fourth-order valence-electron chi connectivity index (χ4n) is 5.11. The minimum atomic E-state index is 0.608. The van der Waals surface area contributed by atoms with E-state index in [1.54, 1.807) is 0 Å². The van der Waals surface area contributed by atoms with Crippen LogP contribution in [0.4, 0.5) is 11.4 Å². The first-order valence-corrected chi connectivity index (χ1v) is 11.4. The smallest absolute Gasteiger partial charge is 0.187 e. The van der Waals surface area contributed by atoms with Crippen LogP contribution in [0.3, 0.4) is 0 Å². The van der Waals surface area contributed by atoms with Crippen molar-refractivity contribution in [3.8, 4) is 28.3 Å². The second-order valence-corrected chi connectivity index (χ2v) is 9.19. The highest BCUT2D eigenvalue weighted by molar-refractivity contribution is 5.73. The molecule has 0 aliphatic carbocycles. The van der Waals surface area contributed by atoms with Gasteiger partial charge in [-0.05, 0) is 55.9 Å². The van der Waals surface area contributed by atoms with Crippen LogP contribution in [0.2, 0.25) is 0 Å². The van der Waals surface area contributed by atoms with Gasteiger partial charge in [0.1, 0.15) is 0 Å².